The van der Waals surface area contributed by atoms with Crippen molar-refractivity contribution in [3.05, 3.63) is 36.2 Å². The maximum Gasteiger partial charge on any atom is 0.184 e. The van der Waals surface area contributed by atoms with Crippen molar-refractivity contribution in [3.63, 3.8) is 0 Å². The average Bonchev–Trinajstić information content (AvgIpc) is 3.10. The van der Waals surface area contributed by atoms with Crippen LogP contribution in [0.4, 0.5) is 5.13 Å². The summed E-state index contributed by atoms with van der Waals surface area (Å²) in [6.07, 6.45) is 3.93. The summed E-state index contributed by atoms with van der Waals surface area (Å²) in [6, 6.07) is 5.91. The van der Waals surface area contributed by atoms with Crippen LogP contribution in [0.25, 0.3) is 10.2 Å². The lowest BCUT2D eigenvalue weighted by atomic mass is 10.3. The monoisotopic (exact) mass is 288 g/mol. The summed E-state index contributed by atoms with van der Waals surface area (Å²) in [5.74, 6) is 0.858. The molecule has 3 rings (SSSR count). The molecular weight excluding hydrogens is 272 g/mol. The Hall–Kier alpha value is -2.08. The second kappa shape index (κ2) is 5.50. The predicted octanol–water partition coefficient (Wildman–Crippen LogP) is 3.13. The van der Waals surface area contributed by atoms with E-state index in [4.69, 9.17) is 4.74 Å². The Balaban J connectivity index is 1.73. The van der Waals surface area contributed by atoms with E-state index in [0.717, 1.165) is 39.8 Å². The highest BCUT2D eigenvalue weighted by Gasteiger charge is 2.05. The van der Waals surface area contributed by atoms with Crippen LogP contribution < -0.4 is 10.1 Å². The Bertz CT molecular complexity index is 719. The van der Waals surface area contributed by atoms with E-state index in [0.29, 0.717) is 0 Å². The van der Waals surface area contributed by atoms with Crippen LogP contribution in [-0.4, -0.2) is 21.9 Å². The van der Waals surface area contributed by atoms with Crippen LogP contribution >= 0.6 is 11.3 Å². The van der Waals surface area contributed by atoms with Crippen molar-refractivity contribution < 1.29 is 4.74 Å². The van der Waals surface area contributed by atoms with Gasteiger partial charge < -0.3 is 10.1 Å². The highest BCUT2D eigenvalue weighted by atomic mass is 32.1. The first-order chi connectivity index (χ1) is 9.78. The Kier molecular flexibility index (Phi) is 3.56. The first-order valence-corrected chi connectivity index (χ1v) is 7.30. The molecule has 2 heterocycles. The number of nitrogens with one attached hydrogen (secondary N) is 1. The number of benzene rings is 1. The Morgan fingerprint density at radius 3 is 3.05 bits per heavy atom. The van der Waals surface area contributed by atoms with Crippen molar-refractivity contribution in [2.45, 2.75) is 20.0 Å². The molecule has 0 unspecified atom stereocenters. The number of rotatable bonds is 5. The Morgan fingerprint density at radius 1 is 1.40 bits per heavy atom. The predicted molar refractivity (Wildman–Crippen MR) is 81.4 cm³/mol. The van der Waals surface area contributed by atoms with Gasteiger partial charge in [-0.15, -0.1) is 0 Å². The lowest BCUT2D eigenvalue weighted by Gasteiger charge is -1.98. The molecule has 6 heteroatoms. The lowest BCUT2D eigenvalue weighted by Crippen LogP contribution is -1.98. The second-order valence-corrected chi connectivity index (χ2v) is 5.44. The third kappa shape index (κ3) is 2.60. The molecule has 104 valence electrons. The van der Waals surface area contributed by atoms with Crippen molar-refractivity contribution in [2.24, 2.45) is 0 Å². The first-order valence-electron chi connectivity index (χ1n) is 6.48. The molecule has 20 heavy (non-hydrogen) atoms. The summed E-state index contributed by atoms with van der Waals surface area (Å²) in [7, 11) is 1.67. The number of hydrogen-bond donors (Lipinski definition) is 1. The van der Waals surface area contributed by atoms with Gasteiger partial charge in [0.2, 0.25) is 0 Å². The topological polar surface area (TPSA) is 52.0 Å². The zero-order chi connectivity index (χ0) is 13.9. The van der Waals surface area contributed by atoms with Crippen molar-refractivity contribution in [1.82, 2.24) is 14.8 Å². The molecule has 0 aliphatic heterocycles. The SMILES string of the molecule is CCn1cc(CNc2nc3ccc(OC)cc3s2)cn1. The third-order valence-electron chi connectivity index (χ3n) is 3.05. The lowest BCUT2D eigenvalue weighted by molar-refractivity contribution is 0.415. The van der Waals surface area contributed by atoms with Gasteiger partial charge >= 0.3 is 0 Å². The van der Waals surface area contributed by atoms with Crippen molar-refractivity contribution in [1.29, 1.82) is 0 Å². The fourth-order valence-electron chi connectivity index (χ4n) is 1.96. The van der Waals surface area contributed by atoms with E-state index in [1.54, 1.807) is 18.4 Å². The number of nitrogens with zero attached hydrogens (tertiary/aromatic N) is 3. The first kappa shape index (κ1) is 12.9. The number of methoxy groups -OCH3 is 1. The highest BCUT2D eigenvalue weighted by Crippen LogP contribution is 2.29. The summed E-state index contributed by atoms with van der Waals surface area (Å²) >= 11 is 1.63. The van der Waals surface area contributed by atoms with Crippen LogP contribution in [0.2, 0.25) is 0 Å². The minimum atomic E-state index is 0.733. The molecule has 2 aromatic heterocycles. The Morgan fingerprint density at radius 2 is 2.30 bits per heavy atom. The van der Waals surface area contributed by atoms with Crippen LogP contribution in [0, 0.1) is 0 Å². The van der Waals surface area contributed by atoms with Gasteiger partial charge in [0.1, 0.15) is 5.75 Å². The zero-order valence-corrected chi connectivity index (χ0v) is 12.3. The van der Waals surface area contributed by atoms with Crippen LogP contribution in [0.1, 0.15) is 12.5 Å². The van der Waals surface area contributed by atoms with Gasteiger partial charge in [0.15, 0.2) is 5.13 Å². The highest BCUT2D eigenvalue weighted by molar-refractivity contribution is 7.22. The van der Waals surface area contributed by atoms with Gasteiger partial charge in [0, 0.05) is 24.8 Å². The van der Waals surface area contributed by atoms with Crippen molar-refractivity contribution in [2.75, 3.05) is 12.4 Å². The largest absolute Gasteiger partial charge is 0.497 e. The van der Waals surface area contributed by atoms with Gasteiger partial charge in [0.25, 0.3) is 0 Å². The maximum atomic E-state index is 5.22. The minimum absolute atomic E-state index is 0.733. The number of aromatic nitrogens is 3. The molecule has 3 aromatic rings. The molecule has 0 aliphatic rings. The van der Waals surface area contributed by atoms with E-state index >= 15 is 0 Å². The molecule has 1 aromatic carbocycles. The number of ether oxygens (including phenoxy) is 1. The van der Waals surface area contributed by atoms with Gasteiger partial charge in [-0.3, -0.25) is 4.68 Å². The molecule has 0 fully saturated rings. The number of fused-ring (bicyclic) bond motifs is 1. The zero-order valence-electron chi connectivity index (χ0n) is 11.5. The van der Waals surface area contributed by atoms with E-state index in [-0.39, 0.29) is 0 Å². The van der Waals surface area contributed by atoms with Gasteiger partial charge in [-0.2, -0.15) is 5.10 Å². The van der Waals surface area contributed by atoms with Crippen LogP contribution in [0.15, 0.2) is 30.6 Å². The average molecular weight is 288 g/mol. The molecule has 1 N–H and O–H groups in total. The molecule has 0 saturated carbocycles. The quantitative estimate of drug-likeness (QED) is 0.783. The number of anilines is 1. The molecule has 0 atom stereocenters. The molecule has 0 bridgehead atoms. The Labute approximate surface area is 121 Å². The summed E-state index contributed by atoms with van der Waals surface area (Å²) in [5, 5.41) is 8.51. The van der Waals surface area contributed by atoms with Gasteiger partial charge in [-0.25, -0.2) is 4.98 Å². The number of hydrogen-bond acceptors (Lipinski definition) is 5. The molecule has 0 aliphatic carbocycles. The van der Waals surface area contributed by atoms with E-state index in [2.05, 4.69) is 22.3 Å². The minimum Gasteiger partial charge on any atom is -0.497 e. The number of aryl methyl sites for hydroxylation is 1. The standard InChI is InChI=1S/C14H16N4OS/c1-3-18-9-10(8-16-18)7-15-14-17-12-5-4-11(19-2)6-13(12)20-14/h4-6,8-9H,3,7H2,1-2H3,(H,15,17). The van der Waals surface area contributed by atoms with Crippen LogP contribution in [0.3, 0.4) is 0 Å². The summed E-state index contributed by atoms with van der Waals surface area (Å²) < 4.78 is 8.26. The third-order valence-corrected chi connectivity index (χ3v) is 4.03. The van der Waals surface area contributed by atoms with Crippen molar-refractivity contribution in [3.8, 4) is 5.75 Å². The molecule has 5 nitrogen and oxygen atoms in total. The van der Waals surface area contributed by atoms with E-state index in [1.165, 1.54) is 0 Å². The smallest absolute Gasteiger partial charge is 0.184 e. The fourth-order valence-corrected chi connectivity index (χ4v) is 2.85. The number of thiazole rings is 1. The molecule has 0 spiro atoms. The molecule has 0 amide bonds. The van der Waals surface area contributed by atoms with Gasteiger partial charge in [-0.1, -0.05) is 11.3 Å². The molecular formula is C14H16N4OS. The summed E-state index contributed by atoms with van der Waals surface area (Å²) in [5.41, 5.74) is 2.14. The molecule has 0 saturated heterocycles. The van der Waals surface area contributed by atoms with E-state index < -0.39 is 0 Å². The van der Waals surface area contributed by atoms with E-state index in [1.807, 2.05) is 35.3 Å². The van der Waals surface area contributed by atoms with Crippen LogP contribution in [-0.2, 0) is 13.1 Å². The normalized spacial score (nSPS) is 10.9. The molecule has 0 radical (unpaired) electrons. The van der Waals surface area contributed by atoms with Gasteiger partial charge in [-0.05, 0) is 25.1 Å². The van der Waals surface area contributed by atoms with Crippen LogP contribution in [0.5, 0.6) is 5.75 Å². The van der Waals surface area contributed by atoms with Crippen molar-refractivity contribution >= 4 is 26.7 Å². The van der Waals surface area contributed by atoms with Gasteiger partial charge in [0.05, 0.1) is 23.5 Å². The summed E-state index contributed by atoms with van der Waals surface area (Å²) in [6.45, 7) is 3.70. The second-order valence-electron chi connectivity index (χ2n) is 4.41. The fraction of sp³-hybridized carbons (Fsp3) is 0.286. The summed E-state index contributed by atoms with van der Waals surface area (Å²) in [4.78, 5) is 4.55. The van der Waals surface area contributed by atoms with E-state index in [9.17, 15) is 0 Å². The maximum absolute atomic E-state index is 5.22.